The molecule has 0 saturated heterocycles. The fourth-order valence-electron chi connectivity index (χ4n) is 12.9. The van der Waals surface area contributed by atoms with Crippen LogP contribution in [0.15, 0.2) is 200 Å². The second kappa shape index (κ2) is 13.8. The first-order chi connectivity index (χ1) is 31.0. The van der Waals surface area contributed by atoms with Crippen molar-refractivity contribution in [3.8, 4) is 44.5 Å². The van der Waals surface area contributed by atoms with E-state index >= 15 is 0 Å². The van der Waals surface area contributed by atoms with Gasteiger partial charge < -0.3 is 0 Å². The topological polar surface area (TPSA) is 0 Å². The Balaban J connectivity index is 1.16. The number of rotatable bonds is 5. The van der Waals surface area contributed by atoms with Crippen molar-refractivity contribution in [3.05, 3.63) is 206 Å². The van der Waals surface area contributed by atoms with Crippen LogP contribution in [-0.4, -0.2) is 6.71 Å². The molecule has 298 valence electrons. The van der Waals surface area contributed by atoms with Gasteiger partial charge in [0.05, 0.1) is 0 Å². The summed E-state index contributed by atoms with van der Waals surface area (Å²) >= 11 is 0. The lowest BCUT2D eigenvalue weighted by molar-refractivity contribution is 0.243. The van der Waals surface area contributed by atoms with Crippen molar-refractivity contribution in [2.45, 2.75) is 50.3 Å². The second-order valence-electron chi connectivity index (χ2n) is 19.0. The molecule has 0 aromatic heterocycles. The fourth-order valence-corrected chi connectivity index (χ4v) is 12.9. The summed E-state index contributed by atoms with van der Waals surface area (Å²) in [7, 11) is 0. The highest BCUT2D eigenvalue weighted by Crippen LogP contribution is 2.62. The van der Waals surface area contributed by atoms with Gasteiger partial charge in [0, 0.05) is 0 Å². The van der Waals surface area contributed by atoms with Crippen LogP contribution in [0.3, 0.4) is 0 Å². The zero-order chi connectivity index (χ0) is 41.9. The Morgan fingerprint density at radius 2 is 0.857 bits per heavy atom. The van der Waals surface area contributed by atoms with E-state index in [4.69, 9.17) is 0 Å². The molecule has 0 amide bonds. The quantitative estimate of drug-likeness (QED) is 0.120. The van der Waals surface area contributed by atoms with E-state index in [0.717, 1.165) is 0 Å². The van der Waals surface area contributed by atoms with Gasteiger partial charge in [-0.1, -0.05) is 232 Å². The molecular weight excluding hydrogens is 755 g/mol. The van der Waals surface area contributed by atoms with E-state index in [0.29, 0.717) is 6.71 Å². The smallest absolute Gasteiger partial charge is 0.0735 e. The van der Waals surface area contributed by atoms with E-state index in [2.05, 4.69) is 214 Å². The molecule has 1 heteroatoms. The third-order valence-corrected chi connectivity index (χ3v) is 16.1. The fraction of sp³-hybridized carbons (Fsp3) is 0.129. The first kappa shape index (κ1) is 36.7. The van der Waals surface area contributed by atoms with Crippen LogP contribution in [0.5, 0.6) is 0 Å². The third kappa shape index (κ3) is 5.23. The molecule has 11 aromatic rings. The van der Waals surface area contributed by atoms with Gasteiger partial charge in [0.2, 0.25) is 6.71 Å². The van der Waals surface area contributed by atoms with E-state index in [1.54, 1.807) is 5.56 Å². The lowest BCUT2D eigenvalue weighted by atomic mass is 9.26. The van der Waals surface area contributed by atoms with Crippen molar-refractivity contribution in [2.75, 3.05) is 0 Å². The van der Waals surface area contributed by atoms with Gasteiger partial charge in [0.1, 0.15) is 0 Å². The third-order valence-electron chi connectivity index (χ3n) is 16.1. The average molecular weight is 803 g/mol. The molecule has 0 nitrogen and oxygen atoms in total. The zero-order valence-corrected chi connectivity index (χ0v) is 36.0. The van der Waals surface area contributed by atoms with E-state index in [1.807, 2.05) is 0 Å². The van der Waals surface area contributed by atoms with Gasteiger partial charge in [0.15, 0.2) is 0 Å². The standard InChI is InChI=1S/C62H47B/c1-61-35-13-14-36-62(61,2)63(44-23-7-4-8-24-44)58-34-29-43(37-57(58)61)54-39-56(48-28-16-22-41-20-10-12-26-46(41)48)52-32-30-49-53(42-17-5-3-6-18-42)38-55(51-33-31-50(54)60(52)59(49)51)47-27-15-21-40-19-9-11-25-45(40)47/h3-12,15-34,37-39H,13-14,35-36H2,1-2H3. The van der Waals surface area contributed by atoms with Crippen molar-refractivity contribution in [1.82, 2.24) is 0 Å². The van der Waals surface area contributed by atoms with Crippen LogP contribution in [0.4, 0.5) is 0 Å². The summed E-state index contributed by atoms with van der Waals surface area (Å²) in [5.74, 6) is 0. The van der Waals surface area contributed by atoms with E-state index in [1.165, 1.54) is 135 Å². The van der Waals surface area contributed by atoms with Crippen LogP contribution in [-0.2, 0) is 5.41 Å². The van der Waals surface area contributed by atoms with Crippen LogP contribution in [0.25, 0.3) is 98.4 Å². The molecule has 13 rings (SSSR count). The molecule has 2 atom stereocenters. The van der Waals surface area contributed by atoms with Crippen LogP contribution in [0.1, 0.15) is 45.1 Å². The highest BCUT2D eigenvalue weighted by atomic mass is 14.5. The molecule has 0 N–H and O–H groups in total. The largest absolute Gasteiger partial charge is 0.216 e. The first-order valence-corrected chi connectivity index (χ1v) is 23.0. The van der Waals surface area contributed by atoms with Gasteiger partial charge in [0.25, 0.3) is 0 Å². The number of benzene rings is 11. The average Bonchev–Trinajstić information content (AvgIpc) is 3.55. The molecule has 63 heavy (non-hydrogen) atoms. The van der Waals surface area contributed by atoms with Crippen molar-refractivity contribution < 1.29 is 0 Å². The van der Waals surface area contributed by atoms with Crippen LogP contribution < -0.4 is 10.9 Å². The molecule has 2 aliphatic rings. The monoisotopic (exact) mass is 802 g/mol. The Kier molecular flexibility index (Phi) is 8.02. The Morgan fingerprint density at radius 3 is 1.46 bits per heavy atom. The summed E-state index contributed by atoms with van der Waals surface area (Å²) in [5, 5.41) is 13.1. The molecule has 1 fully saturated rings. The maximum Gasteiger partial charge on any atom is 0.216 e. The van der Waals surface area contributed by atoms with E-state index in [-0.39, 0.29) is 10.7 Å². The van der Waals surface area contributed by atoms with Crippen molar-refractivity contribution in [1.29, 1.82) is 0 Å². The van der Waals surface area contributed by atoms with Gasteiger partial charge in [-0.05, 0) is 133 Å². The summed E-state index contributed by atoms with van der Waals surface area (Å²) < 4.78 is 0. The predicted molar refractivity (Wildman–Crippen MR) is 273 cm³/mol. The molecule has 0 spiro atoms. The summed E-state index contributed by atoms with van der Waals surface area (Å²) in [6.07, 6.45) is 5.05. The Hall–Kier alpha value is -6.96. The molecule has 1 heterocycles. The molecule has 0 bridgehead atoms. The molecule has 11 aromatic carbocycles. The maximum absolute atomic E-state index is 2.64. The normalized spacial score (nSPS) is 18.5. The highest BCUT2D eigenvalue weighted by Gasteiger charge is 2.60. The number of hydrogen-bond donors (Lipinski definition) is 0. The highest BCUT2D eigenvalue weighted by molar-refractivity contribution is 6.89. The van der Waals surface area contributed by atoms with Crippen molar-refractivity contribution in [2.24, 2.45) is 0 Å². The van der Waals surface area contributed by atoms with Crippen molar-refractivity contribution >= 4 is 71.5 Å². The lowest BCUT2D eigenvalue weighted by Gasteiger charge is -2.48. The summed E-state index contributed by atoms with van der Waals surface area (Å²) in [5.41, 5.74) is 14.9. The lowest BCUT2D eigenvalue weighted by Crippen LogP contribution is -2.51. The van der Waals surface area contributed by atoms with Crippen LogP contribution in [0.2, 0.25) is 5.31 Å². The maximum atomic E-state index is 2.64. The molecule has 2 unspecified atom stereocenters. The Morgan fingerprint density at radius 1 is 0.365 bits per heavy atom. The van der Waals surface area contributed by atoms with Gasteiger partial charge in [-0.3, -0.25) is 0 Å². The second-order valence-corrected chi connectivity index (χ2v) is 19.0. The SMILES string of the molecule is CC12CCCCC1(C)c1cc(-c3cc(-c4cccc5ccccc45)c4ccc5c(-c6ccccc6)cc(-c6cccc7ccccc67)c6ccc3c4c56)ccc1B2c1ccccc1. The van der Waals surface area contributed by atoms with Gasteiger partial charge in [-0.25, -0.2) is 0 Å². The summed E-state index contributed by atoms with van der Waals surface area (Å²) in [4.78, 5) is 0. The number of hydrogen-bond acceptors (Lipinski definition) is 0. The Labute approximate surface area is 370 Å². The minimum absolute atomic E-state index is 0.0806. The van der Waals surface area contributed by atoms with E-state index in [9.17, 15) is 0 Å². The van der Waals surface area contributed by atoms with Gasteiger partial charge >= 0.3 is 0 Å². The molecule has 1 aliphatic heterocycles. The van der Waals surface area contributed by atoms with Crippen molar-refractivity contribution in [3.63, 3.8) is 0 Å². The minimum Gasteiger partial charge on any atom is -0.0735 e. The summed E-state index contributed by atoms with van der Waals surface area (Å²) in [6, 6.07) is 76.2. The van der Waals surface area contributed by atoms with Crippen LogP contribution in [0, 0.1) is 0 Å². The predicted octanol–water partition coefficient (Wildman–Crippen LogP) is 15.8. The van der Waals surface area contributed by atoms with E-state index < -0.39 is 0 Å². The zero-order valence-electron chi connectivity index (χ0n) is 36.0. The van der Waals surface area contributed by atoms with Gasteiger partial charge in [-0.15, -0.1) is 0 Å². The molecule has 0 radical (unpaired) electrons. The van der Waals surface area contributed by atoms with Gasteiger partial charge in [-0.2, -0.15) is 0 Å². The molecule has 1 saturated carbocycles. The summed E-state index contributed by atoms with van der Waals surface area (Å²) in [6.45, 7) is 5.59. The Bertz CT molecular complexity index is 3590. The first-order valence-electron chi connectivity index (χ1n) is 23.0. The molecular formula is C62H47B. The van der Waals surface area contributed by atoms with Crippen LogP contribution >= 0.6 is 0 Å². The molecule has 1 aliphatic carbocycles. The minimum atomic E-state index is 0.0806. The number of fused-ring (bicyclic) bond motifs is 5.